The summed E-state index contributed by atoms with van der Waals surface area (Å²) in [6.07, 6.45) is 22.0. The fraction of sp³-hybridized carbons (Fsp3) is 0.556. The molecule has 3 aliphatic carbocycles. The first-order valence-electron chi connectivity index (χ1n) is 7.96. The normalized spacial score (nSPS) is 24.4. The van der Waals surface area contributed by atoms with E-state index in [2.05, 4.69) is 41.9 Å². The largest absolute Gasteiger partial charge is 0.147 e. The molecule has 3 rings (SSSR count). The zero-order valence-corrected chi connectivity index (χ0v) is 17.3. The molecule has 0 aliphatic heterocycles. The molecule has 1 atom stereocenters. The Morgan fingerprint density at radius 2 is 1.71 bits per heavy atom. The van der Waals surface area contributed by atoms with Gasteiger partial charge in [-0.2, -0.15) is 0 Å². The van der Waals surface area contributed by atoms with Gasteiger partial charge in [0, 0.05) is 0 Å². The van der Waals surface area contributed by atoms with Gasteiger partial charge in [-0.05, 0) is 0 Å². The summed E-state index contributed by atoms with van der Waals surface area (Å²) >= 11 is -2.32. The van der Waals surface area contributed by atoms with E-state index >= 15 is 0 Å². The monoisotopic (exact) mass is 404 g/mol. The van der Waals surface area contributed by atoms with Gasteiger partial charge in [0.15, 0.2) is 0 Å². The maximum atomic E-state index is 2.75. The van der Waals surface area contributed by atoms with Gasteiger partial charge < -0.3 is 0 Å². The van der Waals surface area contributed by atoms with E-state index in [1.165, 1.54) is 44.9 Å². The molecule has 21 heavy (non-hydrogen) atoms. The van der Waals surface area contributed by atoms with Gasteiger partial charge >= 0.3 is 123 Å². The first kappa shape index (κ1) is 19.5. The van der Waals surface area contributed by atoms with E-state index in [1.54, 1.807) is 5.57 Å². The van der Waals surface area contributed by atoms with Crippen molar-refractivity contribution in [2.75, 3.05) is 0 Å². The Bertz CT molecular complexity index is 481. The average Bonchev–Trinajstić information content (AvgIpc) is 3.10. The fourth-order valence-corrected chi connectivity index (χ4v) is 17.7. The van der Waals surface area contributed by atoms with Crippen molar-refractivity contribution in [3.63, 3.8) is 0 Å². The molecule has 1 fully saturated rings. The maximum Gasteiger partial charge on any atom is -0.147 e. The molecule has 3 heteroatoms. The molecule has 118 valence electrons. The molecule has 0 aromatic carbocycles. The van der Waals surface area contributed by atoms with Crippen molar-refractivity contribution in [1.82, 2.24) is 0 Å². The van der Waals surface area contributed by atoms with Crippen LogP contribution in [0.25, 0.3) is 0 Å². The molecule has 0 aromatic heterocycles. The number of allylic oxidation sites excluding steroid dienone is 8. The zero-order chi connectivity index (χ0) is 13.3. The molecule has 0 amide bonds. The van der Waals surface area contributed by atoms with Crippen molar-refractivity contribution in [2.45, 2.75) is 60.1 Å². The van der Waals surface area contributed by atoms with E-state index in [1.807, 2.05) is 6.56 Å². The van der Waals surface area contributed by atoms with Crippen molar-refractivity contribution in [3.05, 3.63) is 42.5 Å². The third-order valence-electron chi connectivity index (χ3n) is 5.65. The Morgan fingerprint density at radius 3 is 2.24 bits per heavy atom. The van der Waals surface area contributed by atoms with Crippen LogP contribution in [-0.2, 0) is 20.3 Å². The molecule has 0 aromatic rings. The third-order valence-corrected chi connectivity index (χ3v) is 19.8. The summed E-state index contributed by atoms with van der Waals surface area (Å²) in [6, 6.07) is 0. The molecule has 0 bridgehead atoms. The minimum atomic E-state index is -2.32. The van der Waals surface area contributed by atoms with Crippen molar-refractivity contribution in [2.24, 2.45) is 0 Å². The van der Waals surface area contributed by atoms with Crippen molar-refractivity contribution in [3.8, 4) is 0 Å². The van der Waals surface area contributed by atoms with Gasteiger partial charge in [-0.1, -0.05) is 0 Å². The van der Waals surface area contributed by atoms with Crippen LogP contribution < -0.4 is 0 Å². The standard InChI is InChI=1S/C6H7.C6H11.C5H5.CH3.2ClH.Zr/c1-6-4-2-3-5-6;1-2-4-6-5-3-1;1-2-4-5-3-1;;;;/h2,4H,3H2,1H3;1H,2-6H2;1-3H,4H2;1H3;2*1H;. The Hall–Kier alpha value is 0.423. The Kier molecular flexibility index (Phi) is 7.72. The van der Waals surface area contributed by atoms with Gasteiger partial charge in [0.2, 0.25) is 0 Å². The Labute approximate surface area is 147 Å². The average molecular weight is 407 g/mol. The molecule has 0 nitrogen and oxygen atoms in total. The van der Waals surface area contributed by atoms with Crippen LogP contribution in [0.5, 0.6) is 0 Å². The molecule has 0 saturated heterocycles. The van der Waals surface area contributed by atoms with Gasteiger partial charge in [-0.15, -0.1) is 24.8 Å². The van der Waals surface area contributed by atoms with Gasteiger partial charge in [0.25, 0.3) is 0 Å². The SMILES string of the molecule is CC1=[C]([Zr]([CH3])([C]2=CC=CC2)[CH]2CCCCC2)CC=C1.Cl.Cl. The van der Waals surface area contributed by atoms with Gasteiger partial charge in [-0.25, -0.2) is 0 Å². The summed E-state index contributed by atoms with van der Waals surface area (Å²) < 4.78 is 7.60. The summed E-state index contributed by atoms with van der Waals surface area (Å²) in [7, 11) is 0. The van der Waals surface area contributed by atoms with Crippen LogP contribution in [0.1, 0.15) is 51.9 Å². The second-order valence-electron chi connectivity index (χ2n) is 6.63. The smallest absolute Gasteiger partial charge is 0.147 e. The first-order valence-corrected chi connectivity index (χ1v) is 14.3. The van der Waals surface area contributed by atoms with E-state index in [4.69, 9.17) is 0 Å². The summed E-state index contributed by atoms with van der Waals surface area (Å²) in [6.45, 7) is 2.36. The van der Waals surface area contributed by atoms with Crippen molar-refractivity contribution >= 4 is 24.8 Å². The van der Waals surface area contributed by atoms with E-state index in [-0.39, 0.29) is 24.8 Å². The predicted molar refractivity (Wildman–Crippen MR) is 95.5 cm³/mol. The van der Waals surface area contributed by atoms with Crippen molar-refractivity contribution in [1.29, 1.82) is 0 Å². The van der Waals surface area contributed by atoms with Crippen LogP contribution >= 0.6 is 24.8 Å². The first-order chi connectivity index (χ1) is 9.23. The van der Waals surface area contributed by atoms with Crippen LogP contribution in [-0.4, -0.2) is 0 Å². The quantitative estimate of drug-likeness (QED) is 0.480. The topological polar surface area (TPSA) is 0 Å². The van der Waals surface area contributed by atoms with Gasteiger partial charge in [0.05, 0.1) is 0 Å². The van der Waals surface area contributed by atoms with Crippen LogP contribution in [0.4, 0.5) is 0 Å². The number of hydrogen-bond donors (Lipinski definition) is 0. The van der Waals surface area contributed by atoms with E-state index in [9.17, 15) is 0 Å². The molecule has 0 N–H and O–H groups in total. The number of hydrogen-bond acceptors (Lipinski definition) is 0. The molecule has 0 heterocycles. The fourth-order valence-electron chi connectivity index (χ4n) is 4.45. The minimum absolute atomic E-state index is 0. The van der Waals surface area contributed by atoms with E-state index in [0.717, 1.165) is 3.63 Å². The molecule has 1 unspecified atom stereocenters. The molecular formula is C18H28Cl2Zr. The molecule has 1 saturated carbocycles. The minimum Gasteiger partial charge on any atom is -0.147 e. The maximum absolute atomic E-state index is 2.75. The second-order valence-corrected chi connectivity index (χ2v) is 17.6. The van der Waals surface area contributed by atoms with Gasteiger partial charge in [-0.3, -0.25) is 0 Å². The Balaban J connectivity index is 0.00000110. The number of rotatable bonds is 3. The van der Waals surface area contributed by atoms with E-state index in [0.29, 0.717) is 0 Å². The van der Waals surface area contributed by atoms with Crippen LogP contribution in [0.2, 0.25) is 8.26 Å². The summed E-state index contributed by atoms with van der Waals surface area (Å²) in [4.78, 5) is 0. The predicted octanol–water partition coefficient (Wildman–Crippen LogP) is 6.86. The molecule has 3 aliphatic rings. The van der Waals surface area contributed by atoms with Crippen LogP contribution in [0, 0.1) is 0 Å². The second kappa shape index (κ2) is 8.32. The molecule has 0 spiro atoms. The van der Waals surface area contributed by atoms with Crippen molar-refractivity contribution < 1.29 is 20.3 Å². The molecule has 0 radical (unpaired) electrons. The van der Waals surface area contributed by atoms with E-state index < -0.39 is 20.3 Å². The summed E-state index contributed by atoms with van der Waals surface area (Å²) in [5.74, 6) is 0. The molecular weight excluding hydrogens is 378 g/mol. The zero-order valence-electron chi connectivity index (χ0n) is 13.2. The Morgan fingerprint density at radius 1 is 1.00 bits per heavy atom. The third kappa shape index (κ3) is 3.68. The number of halogens is 2. The summed E-state index contributed by atoms with van der Waals surface area (Å²) in [5.41, 5.74) is 1.62. The van der Waals surface area contributed by atoms with Crippen LogP contribution in [0.3, 0.4) is 0 Å². The van der Waals surface area contributed by atoms with Gasteiger partial charge in [0.1, 0.15) is 0 Å². The van der Waals surface area contributed by atoms with Crippen LogP contribution in [0.15, 0.2) is 42.5 Å². The summed E-state index contributed by atoms with van der Waals surface area (Å²) in [5, 5.41) is 0.